The molecule has 2 bridgehead atoms. The monoisotopic (exact) mass is 474 g/mol. The topological polar surface area (TPSA) is 109 Å². The van der Waals surface area contributed by atoms with Crippen LogP contribution in [0.1, 0.15) is 40.7 Å². The number of aromatic carboxylic acids is 1. The van der Waals surface area contributed by atoms with Gasteiger partial charge in [-0.3, -0.25) is 9.78 Å². The van der Waals surface area contributed by atoms with Gasteiger partial charge in [-0.15, -0.1) is 12.4 Å². The molecule has 1 saturated carbocycles. The normalized spacial score (nSPS) is 30.7. The number of pyridine rings is 1. The van der Waals surface area contributed by atoms with Crippen molar-refractivity contribution in [3.63, 3.8) is 0 Å². The van der Waals surface area contributed by atoms with Crippen molar-refractivity contribution in [3.8, 4) is 11.5 Å². The third kappa shape index (κ3) is 3.15. The Balaban J connectivity index is 0.000000221. The molecule has 4 atom stereocenters. The van der Waals surface area contributed by atoms with E-state index in [1.807, 2.05) is 6.07 Å². The molecule has 4 aliphatic rings. The minimum atomic E-state index is -0.942. The first-order chi connectivity index (χ1) is 15.3. The fourth-order valence-electron chi connectivity index (χ4n) is 6.17. The van der Waals surface area contributed by atoms with Crippen LogP contribution in [0.3, 0.4) is 0 Å². The Bertz CT molecular complexity index is 1100. The molecule has 176 valence electrons. The summed E-state index contributed by atoms with van der Waals surface area (Å²) in [7, 11) is 3.70. The molecule has 2 aromatic rings. The van der Waals surface area contributed by atoms with Gasteiger partial charge in [0.15, 0.2) is 23.4 Å². The number of hydrogen-bond donors (Lipinski definition) is 2. The van der Waals surface area contributed by atoms with Gasteiger partial charge in [0.25, 0.3) is 0 Å². The largest absolute Gasteiger partial charge is 0.493 e. The number of ether oxygens (including phenoxy) is 2. The number of carboxylic acid groups (broad SMARTS) is 1. The van der Waals surface area contributed by atoms with Crippen molar-refractivity contribution < 1.29 is 29.3 Å². The number of likely N-dealkylation sites (tertiary alicyclic amines) is 1. The Morgan fingerprint density at radius 3 is 2.73 bits per heavy atom. The van der Waals surface area contributed by atoms with Crippen LogP contribution in [-0.2, 0) is 16.6 Å². The second-order valence-electron chi connectivity index (χ2n) is 8.99. The third-order valence-electron chi connectivity index (χ3n) is 7.64. The predicted octanol–water partition coefficient (Wildman–Crippen LogP) is 2.25. The van der Waals surface area contributed by atoms with Crippen LogP contribution in [0, 0.1) is 0 Å². The molecule has 1 spiro atoms. The molecule has 3 heterocycles. The third-order valence-corrected chi connectivity index (χ3v) is 7.64. The highest BCUT2D eigenvalue weighted by molar-refractivity contribution is 5.90. The van der Waals surface area contributed by atoms with Crippen molar-refractivity contribution in [3.05, 3.63) is 53.3 Å². The Morgan fingerprint density at radius 2 is 2.09 bits per heavy atom. The van der Waals surface area contributed by atoms with Gasteiger partial charge in [0.2, 0.25) is 0 Å². The zero-order chi connectivity index (χ0) is 22.7. The lowest BCUT2D eigenvalue weighted by atomic mass is 9.49. The summed E-state index contributed by atoms with van der Waals surface area (Å²) in [6, 6.07) is 7.13. The average Bonchev–Trinajstić information content (AvgIpc) is 3.16. The van der Waals surface area contributed by atoms with Crippen molar-refractivity contribution in [1.82, 2.24) is 9.88 Å². The summed E-state index contributed by atoms with van der Waals surface area (Å²) in [6.07, 6.45) is 4.73. The summed E-state index contributed by atoms with van der Waals surface area (Å²) >= 11 is 0. The zero-order valence-corrected chi connectivity index (χ0v) is 19.3. The summed E-state index contributed by atoms with van der Waals surface area (Å²) in [5.41, 5.74) is 0.957. The number of Topliss-reactive ketones (excluding diaryl/α,β-unsaturated/α-hetero) is 1. The summed E-state index contributed by atoms with van der Waals surface area (Å²) < 4.78 is 11.6. The number of piperidine rings is 1. The minimum absolute atomic E-state index is 0. The lowest BCUT2D eigenvalue weighted by Crippen LogP contribution is -2.76. The average molecular weight is 475 g/mol. The summed E-state index contributed by atoms with van der Waals surface area (Å²) in [4.78, 5) is 28.7. The quantitative estimate of drug-likeness (QED) is 0.682. The molecule has 2 aliphatic heterocycles. The van der Waals surface area contributed by atoms with Crippen LogP contribution in [0.5, 0.6) is 11.5 Å². The molecule has 2 N–H and O–H groups in total. The highest BCUT2D eigenvalue weighted by Crippen LogP contribution is 2.64. The summed E-state index contributed by atoms with van der Waals surface area (Å²) in [6.45, 7) is 0.871. The van der Waals surface area contributed by atoms with Crippen molar-refractivity contribution in [2.24, 2.45) is 0 Å². The van der Waals surface area contributed by atoms with Gasteiger partial charge < -0.3 is 24.6 Å². The second-order valence-corrected chi connectivity index (χ2v) is 8.99. The number of halogens is 1. The van der Waals surface area contributed by atoms with E-state index in [2.05, 4.69) is 23.0 Å². The van der Waals surface area contributed by atoms with E-state index in [-0.39, 0.29) is 29.8 Å². The van der Waals surface area contributed by atoms with Crippen LogP contribution < -0.4 is 9.47 Å². The van der Waals surface area contributed by atoms with E-state index in [1.165, 1.54) is 24.0 Å². The maximum absolute atomic E-state index is 12.7. The van der Waals surface area contributed by atoms with Crippen LogP contribution in [-0.4, -0.2) is 70.3 Å². The fraction of sp³-hybridized carbons (Fsp3) is 0.458. The Kier molecular flexibility index (Phi) is 5.88. The van der Waals surface area contributed by atoms with Gasteiger partial charge in [-0.25, -0.2) is 4.79 Å². The highest BCUT2D eigenvalue weighted by atomic mass is 35.5. The summed E-state index contributed by atoms with van der Waals surface area (Å²) in [5, 5.41) is 20.1. The van der Waals surface area contributed by atoms with Gasteiger partial charge in [0, 0.05) is 30.4 Å². The molecule has 1 aromatic carbocycles. The number of aliphatic hydroxyl groups is 1. The van der Waals surface area contributed by atoms with Crippen molar-refractivity contribution in [2.75, 3.05) is 20.7 Å². The first kappa shape index (κ1) is 23.5. The van der Waals surface area contributed by atoms with Crippen LogP contribution in [0.25, 0.3) is 0 Å². The molecule has 0 radical (unpaired) electrons. The maximum Gasteiger partial charge on any atom is 0.337 e. The van der Waals surface area contributed by atoms with Crippen molar-refractivity contribution in [1.29, 1.82) is 0 Å². The molecule has 0 amide bonds. The maximum atomic E-state index is 12.7. The van der Waals surface area contributed by atoms with Gasteiger partial charge in [0.1, 0.15) is 0 Å². The smallest absolute Gasteiger partial charge is 0.337 e. The van der Waals surface area contributed by atoms with Gasteiger partial charge in [0.05, 0.1) is 23.7 Å². The van der Waals surface area contributed by atoms with Crippen molar-refractivity contribution in [2.45, 2.75) is 48.8 Å². The Morgan fingerprint density at radius 1 is 1.30 bits per heavy atom. The van der Waals surface area contributed by atoms with Crippen LogP contribution in [0.15, 0.2) is 36.7 Å². The molecule has 1 aromatic heterocycles. The summed E-state index contributed by atoms with van der Waals surface area (Å²) in [5.74, 6) is 0.527. The SMILES string of the molecule is COc1ccc2c3c1O[C@H]1C(=O)CC[C@@]4(O)[C@@H](C2)N(C)CC[C@]314.Cl.O=C(O)c1cccnc1. The van der Waals surface area contributed by atoms with E-state index in [9.17, 15) is 14.7 Å². The molecule has 8 nitrogen and oxygen atoms in total. The Labute approximate surface area is 197 Å². The van der Waals surface area contributed by atoms with Crippen LogP contribution in [0.4, 0.5) is 0 Å². The van der Waals surface area contributed by atoms with Crippen molar-refractivity contribution >= 4 is 24.2 Å². The lowest BCUT2D eigenvalue weighted by molar-refractivity contribution is -0.185. The molecule has 6 rings (SSSR count). The number of benzene rings is 1. The molecule has 2 aliphatic carbocycles. The standard InChI is InChI=1S/C18H21NO4.C6H5NO2.ClH/c1-19-8-7-17-14-10-3-4-12(22-2)15(14)23-16(17)11(20)5-6-18(17,21)13(19)9-10;8-6(9)5-2-1-3-7-4-5;/h3-4,13,16,21H,5-9H2,1-2H3;1-4H,(H,8,9);1H/t13-,16+,17+,18-;;/m1../s1. The van der Waals surface area contributed by atoms with Crippen LogP contribution in [0.2, 0.25) is 0 Å². The first-order valence-corrected chi connectivity index (χ1v) is 10.8. The highest BCUT2D eigenvalue weighted by Gasteiger charge is 2.72. The lowest BCUT2D eigenvalue weighted by Gasteiger charge is -2.62. The van der Waals surface area contributed by atoms with E-state index < -0.39 is 23.1 Å². The number of carbonyl (C=O) groups excluding carboxylic acids is 1. The number of carboxylic acids is 1. The predicted molar refractivity (Wildman–Crippen MR) is 121 cm³/mol. The zero-order valence-electron chi connectivity index (χ0n) is 18.5. The molecule has 0 unspecified atom stereocenters. The van der Waals surface area contributed by atoms with Gasteiger partial charge in [-0.2, -0.15) is 0 Å². The molecule has 1 saturated heterocycles. The van der Waals surface area contributed by atoms with E-state index in [1.54, 1.807) is 13.2 Å². The second kappa shape index (κ2) is 8.27. The molecular formula is C24H27ClN2O6. The van der Waals surface area contributed by atoms with Gasteiger partial charge in [-0.1, -0.05) is 6.07 Å². The molecule has 33 heavy (non-hydrogen) atoms. The molecule has 9 heteroatoms. The minimum Gasteiger partial charge on any atom is -0.493 e. The number of hydrogen-bond acceptors (Lipinski definition) is 7. The number of carbonyl (C=O) groups is 2. The van der Waals surface area contributed by atoms with E-state index in [0.717, 1.165) is 24.9 Å². The van der Waals surface area contributed by atoms with E-state index in [0.29, 0.717) is 24.3 Å². The van der Waals surface area contributed by atoms with E-state index in [4.69, 9.17) is 14.6 Å². The van der Waals surface area contributed by atoms with Gasteiger partial charge in [-0.05, 0) is 56.6 Å². The number of methoxy groups -OCH3 is 1. The number of ketones is 1. The fourth-order valence-corrected chi connectivity index (χ4v) is 6.17. The first-order valence-electron chi connectivity index (χ1n) is 10.8. The molecular weight excluding hydrogens is 448 g/mol. The van der Waals surface area contributed by atoms with E-state index >= 15 is 0 Å². The Hall–Kier alpha value is -2.68. The number of rotatable bonds is 2. The molecule has 2 fully saturated rings. The number of nitrogens with zero attached hydrogens (tertiary/aromatic N) is 2. The number of aromatic nitrogens is 1. The van der Waals surface area contributed by atoms with Crippen LogP contribution >= 0.6 is 12.4 Å². The number of likely N-dealkylation sites (N-methyl/N-ethyl adjacent to an activating group) is 1. The van der Waals surface area contributed by atoms with Gasteiger partial charge >= 0.3 is 5.97 Å².